The van der Waals surface area contributed by atoms with E-state index in [1.54, 1.807) is 18.3 Å². The second kappa shape index (κ2) is 15.6. The number of benzene rings is 3. The summed E-state index contributed by atoms with van der Waals surface area (Å²) in [5, 5.41) is 19.0. The molecular weight excluding hydrogens is 615 g/mol. The van der Waals surface area contributed by atoms with Gasteiger partial charge in [-0.2, -0.15) is 0 Å². The first-order valence-electron chi connectivity index (χ1n) is 16.1. The van der Waals surface area contributed by atoms with Crippen molar-refractivity contribution in [2.45, 2.75) is 69.1 Å². The fourth-order valence-corrected chi connectivity index (χ4v) is 6.25. The van der Waals surface area contributed by atoms with Crippen molar-refractivity contribution in [2.75, 3.05) is 0 Å². The molecule has 1 heterocycles. The maximum atomic E-state index is 13.9. The van der Waals surface area contributed by atoms with Crippen LogP contribution in [-0.2, 0) is 38.4 Å². The first-order valence-corrected chi connectivity index (χ1v) is 16.1. The van der Waals surface area contributed by atoms with E-state index in [0.29, 0.717) is 18.4 Å². The van der Waals surface area contributed by atoms with Crippen molar-refractivity contribution in [3.05, 3.63) is 102 Å². The molecule has 11 nitrogen and oxygen atoms in total. The van der Waals surface area contributed by atoms with Crippen LogP contribution in [0.3, 0.4) is 0 Å². The minimum atomic E-state index is -1.11. The summed E-state index contributed by atoms with van der Waals surface area (Å²) in [7, 11) is 0. The van der Waals surface area contributed by atoms with Gasteiger partial charge in [0.1, 0.15) is 23.7 Å². The average Bonchev–Trinajstić information content (AvgIpc) is 3.48. The van der Waals surface area contributed by atoms with Crippen molar-refractivity contribution in [3.63, 3.8) is 0 Å². The number of carbonyl (C=O) groups is 4. The molecule has 5 rings (SSSR count). The van der Waals surface area contributed by atoms with E-state index < -0.39 is 59.5 Å². The number of amides is 4. The highest BCUT2D eigenvalue weighted by atomic mass is 19.1. The minimum absolute atomic E-state index is 0.0379. The fraction of sp³-hybridized carbons (Fsp3) is 0.333. The first-order chi connectivity index (χ1) is 23.1. The van der Waals surface area contributed by atoms with Gasteiger partial charge in [-0.05, 0) is 66.3 Å². The number of nitrogens with two attached hydrogens (primary N) is 2. The van der Waals surface area contributed by atoms with Gasteiger partial charge in [0.15, 0.2) is 0 Å². The van der Waals surface area contributed by atoms with Crippen LogP contribution in [0.4, 0.5) is 4.39 Å². The van der Waals surface area contributed by atoms with Crippen LogP contribution in [0.2, 0.25) is 0 Å². The SMILES string of the molecule is NC(=O)[C@H](Cc1ccc(F)cc1)NC(=O)[C@H](Cc1c[nH]c2ccccc12)NC(=O)[C@@H]1CCCC[C@@H]1NC(=O)[C@@H](N)Cc1ccc(O)cc1. The molecule has 252 valence electrons. The van der Waals surface area contributed by atoms with Gasteiger partial charge in [0.2, 0.25) is 23.6 Å². The Morgan fingerprint density at radius 3 is 2.23 bits per heavy atom. The Balaban J connectivity index is 1.31. The maximum absolute atomic E-state index is 13.9. The molecule has 1 aliphatic carbocycles. The lowest BCUT2D eigenvalue weighted by atomic mass is 9.83. The van der Waals surface area contributed by atoms with Gasteiger partial charge in [-0.15, -0.1) is 0 Å². The van der Waals surface area contributed by atoms with E-state index >= 15 is 0 Å². The zero-order valence-electron chi connectivity index (χ0n) is 26.5. The monoisotopic (exact) mass is 656 g/mol. The van der Waals surface area contributed by atoms with Crippen LogP contribution >= 0.6 is 0 Å². The number of para-hydroxylation sites is 1. The largest absolute Gasteiger partial charge is 0.508 e. The third kappa shape index (κ3) is 8.77. The number of fused-ring (bicyclic) bond motifs is 1. The molecule has 0 unspecified atom stereocenters. The molecule has 4 aromatic rings. The molecule has 1 fully saturated rings. The lowest BCUT2D eigenvalue weighted by Crippen LogP contribution is -2.57. The third-order valence-corrected chi connectivity index (χ3v) is 8.90. The topological polar surface area (TPSA) is 192 Å². The van der Waals surface area contributed by atoms with E-state index in [1.807, 2.05) is 24.3 Å². The molecule has 0 bridgehead atoms. The molecule has 0 radical (unpaired) electrons. The van der Waals surface area contributed by atoms with E-state index in [1.165, 1.54) is 36.4 Å². The number of halogens is 1. The van der Waals surface area contributed by atoms with Gasteiger partial charge in [0.25, 0.3) is 0 Å². The molecule has 0 aliphatic heterocycles. The number of phenols is 1. The maximum Gasteiger partial charge on any atom is 0.243 e. The number of carbonyl (C=O) groups excluding carboxylic acids is 4. The smallest absolute Gasteiger partial charge is 0.243 e. The highest BCUT2D eigenvalue weighted by Crippen LogP contribution is 2.26. The summed E-state index contributed by atoms with van der Waals surface area (Å²) < 4.78 is 13.5. The molecular formula is C36H41FN6O5. The van der Waals surface area contributed by atoms with Gasteiger partial charge in [0, 0.05) is 36.0 Å². The number of H-pyrrole nitrogens is 1. The Morgan fingerprint density at radius 2 is 1.50 bits per heavy atom. The number of aromatic amines is 1. The molecule has 4 amide bonds. The summed E-state index contributed by atoms with van der Waals surface area (Å²) in [6.45, 7) is 0. The van der Waals surface area contributed by atoms with Gasteiger partial charge < -0.3 is 37.5 Å². The molecule has 9 N–H and O–H groups in total. The molecule has 12 heteroatoms. The number of primary amides is 1. The molecule has 1 aliphatic rings. The predicted octanol–water partition coefficient (Wildman–Crippen LogP) is 2.50. The van der Waals surface area contributed by atoms with Crippen LogP contribution in [0.15, 0.2) is 79.0 Å². The van der Waals surface area contributed by atoms with E-state index in [-0.39, 0.29) is 25.0 Å². The van der Waals surface area contributed by atoms with Crippen LogP contribution in [0, 0.1) is 11.7 Å². The van der Waals surface area contributed by atoms with E-state index in [2.05, 4.69) is 20.9 Å². The second-order valence-corrected chi connectivity index (χ2v) is 12.4. The fourth-order valence-electron chi connectivity index (χ4n) is 6.25. The highest BCUT2D eigenvalue weighted by Gasteiger charge is 2.36. The summed E-state index contributed by atoms with van der Waals surface area (Å²) in [6.07, 6.45) is 4.83. The molecule has 0 spiro atoms. The molecule has 0 saturated heterocycles. The summed E-state index contributed by atoms with van der Waals surface area (Å²) in [6, 6.07) is 16.0. The van der Waals surface area contributed by atoms with Crippen LogP contribution in [0.5, 0.6) is 5.75 Å². The number of rotatable bonds is 13. The van der Waals surface area contributed by atoms with Gasteiger partial charge in [0.05, 0.1) is 12.0 Å². The van der Waals surface area contributed by atoms with Crippen molar-refractivity contribution in [1.82, 2.24) is 20.9 Å². The summed E-state index contributed by atoms with van der Waals surface area (Å²) in [5.41, 5.74) is 14.9. The molecule has 1 aromatic heterocycles. The number of phenolic OH excluding ortho intramolecular Hbond substituents is 1. The Hall–Kier alpha value is -5.23. The van der Waals surface area contributed by atoms with Gasteiger partial charge in [-0.25, -0.2) is 4.39 Å². The van der Waals surface area contributed by atoms with Crippen LogP contribution in [0.1, 0.15) is 42.4 Å². The number of aromatic hydroxyl groups is 1. The molecule has 5 atom stereocenters. The predicted molar refractivity (Wildman–Crippen MR) is 179 cm³/mol. The van der Waals surface area contributed by atoms with Crippen LogP contribution < -0.4 is 27.4 Å². The Bertz CT molecular complexity index is 1740. The summed E-state index contributed by atoms with van der Waals surface area (Å²) >= 11 is 0. The Labute approximate surface area is 277 Å². The Kier molecular flexibility index (Phi) is 11.1. The van der Waals surface area contributed by atoms with E-state index in [9.17, 15) is 28.7 Å². The van der Waals surface area contributed by atoms with Crippen molar-refractivity contribution in [3.8, 4) is 5.75 Å². The number of hydrogen-bond donors (Lipinski definition) is 7. The van der Waals surface area contributed by atoms with Crippen molar-refractivity contribution >= 4 is 34.5 Å². The molecule has 1 saturated carbocycles. The number of nitrogens with one attached hydrogen (secondary N) is 4. The Morgan fingerprint density at radius 1 is 0.833 bits per heavy atom. The first kappa shape index (κ1) is 34.1. The standard InChI is InChI=1S/C36H41FN6O5/c37-24-13-9-22(10-14-24)18-31(33(39)45)42-36(48)32(19-23-20-40-29-7-3-1-5-26(23)29)43-34(46)27-6-2-4-8-30(27)41-35(47)28(38)17-21-11-15-25(44)16-12-21/h1,3,5,7,9-16,20,27-28,30-32,40,44H,2,4,6,8,17-19,38H2,(H2,39,45)(H,41,47)(H,42,48)(H,43,46)/t27-,28+,30+,31+,32+/m1/s1. The van der Waals surface area contributed by atoms with Gasteiger partial charge in [-0.1, -0.05) is 55.3 Å². The van der Waals surface area contributed by atoms with E-state index in [0.717, 1.165) is 34.9 Å². The molecule has 3 aromatic carbocycles. The van der Waals surface area contributed by atoms with Gasteiger partial charge >= 0.3 is 0 Å². The third-order valence-electron chi connectivity index (χ3n) is 8.90. The highest BCUT2D eigenvalue weighted by molar-refractivity contribution is 5.93. The van der Waals surface area contributed by atoms with E-state index in [4.69, 9.17) is 11.5 Å². The number of aromatic nitrogens is 1. The number of hydrogen-bond acceptors (Lipinski definition) is 6. The molecule has 48 heavy (non-hydrogen) atoms. The minimum Gasteiger partial charge on any atom is -0.508 e. The van der Waals surface area contributed by atoms with Crippen molar-refractivity contribution in [2.24, 2.45) is 17.4 Å². The quantitative estimate of drug-likeness (QED) is 0.116. The van der Waals surface area contributed by atoms with Gasteiger partial charge in [-0.3, -0.25) is 19.2 Å². The zero-order valence-corrected chi connectivity index (χ0v) is 26.5. The van der Waals surface area contributed by atoms with Crippen molar-refractivity contribution < 1.29 is 28.7 Å². The summed E-state index contributed by atoms with van der Waals surface area (Å²) in [4.78, 5) is 56.4. The van der Waals surface area contributed by atoms with Crippen LogP contribution in [-0.4, -0.2) is 57.9 Å². The average molecular weight is 657 g/mol. The lowest BCUT2D eigenvalue weighted by molar-refractivity contribution is -0.134. The summed E-state index contributed by atoms with van der Waals surface area (Å²) in [5.74, 6) is -3.12. The van der Waals surface area contributed by atoms with Crippen LogP contribution in [0.25, 0.3) is 10.9 Å². The lowest BCUT2D eigenvalue weighted by Gasteiger charge is -2.33. The zero-order chi connectivity index (χ0) is 34.2. The second-order valence-electron chi connectivity index (χ2n) is 12.4. The normalized spacial score (nSPS) is 18.0. The van der Waals surface area contributed by atoms with Crippen molar-refractivity contribution in [1.29, 1.82) is 0 Å².